The van der Waals surface area contributed by atoms with Crippen molar-refractivity contribution in [1.82, 2.24) is 19.7 Å². The van der Waals surface area contributed by atoms with Gasteiger partial charge in [-0.2, -0.15) is 5.10 Å². The van der Waals surface area contributed by atoms with Crippen molar-refractivity contribution in [2.24, 2.45) is 7.05 Å². The van der Waals surface area contributed by atoms with E-state index in [4.69, 9.17) is 0 Å². The Bertz CT molecular complexity index is 922. The number of nitrogens with one attached hydrogen (secondary N) is 1. The number of carbonyl (C=O) groups is 1. The van der Waals surface area contributed by atoms with Gasteiger partial charge in [-0.25, -0.2) is 9.97 Å². The maximum atomic E-state index is 12.6. The fourth-order valence-corrected chi connectivity index (χ4v) is 3.89. The van der Waals surface area contributed by atoms with E-state index in [1.54, 1.807) is 16.9 Å². The number of thiophene rings is 1. The summed E-state index contributed by atoms with van der Waals surface area (Å²) in [6.45, 7) is 3.95. The Balaban J connectivity index is 1.73. The molecule has 1 saturated carbocycles. The summed E-state index contributed by atoms with van der Waals surface area (Å²) in [5.74, 6) is 1.84. The third-order valence-corrected chi connectivity index (χ3v) is 5.28. The molecule has 0 aromatic carbocycles. The third-order valence-electron chi connectivity index (χ3n) is 4.09. The van der Waals surface area contributed by atoms with Crippen LogP contribution in [0.3, 0.4) is 0 Å². The minimum absolute atomic E-state index is 0.142. The Morgan fingerprint density at radius 1 is 1.35 bits per heavy atom. The van der Waals surface area contributed by atoms with Crippen LogP contribution in [0.25, 0.3) is 10.2 Å². The number of hydrogen-bond donors (Lipinski definition) is 1. The summed E-state index contributed by atoms with van der Waals surface area (Å²) in [5.41, 5.74) is 1.90. The molecular formula is C16H17N5OS. The quantitative estimate of drug-likeness (QED) is 0.802. The van der Waals surface area contributed by atoms with Gasteiger partial charge in [0, 0.05) is 30.6 Å². The molecule has 118 valence electrons. The standard InChI is InChI=1S/C16H17N5OS/c1-8-12-9(2)17-14(10-4-5-10)19-16(12)23-13(8)15(22)18-11-6-7-21(3)20-11/h6-7,10H,4-5H2,1-3H3,(H,18,20,22). The van der Waals surface area contributed by atoms with E-state index in [2.05, 4.69) is 20.4 Å². The number of hydrogen-bond acceptors (Lipinski definition) is 5. The first-order valence-electron chi connectivity index (χ1n) is 7.61. The fraction of sp³-hybridized carbons (Fsp3) is 0.375. The predicted molar refractivity (Wildman–Crippen MR) is 90.0 cm³/mol. The molecule has 3 heterocycles. The highest BCUT2D eigenvalue weighted by atomic mass is 32.1. The first-order valence-corrected chi connectivity index (χ1v) is 8.43. The molecule has 23 heavy (non-hydrogen) atoms. The van der Waals surface area contributed by atoms with Crippen LogP contribution in [0.15, 0.2) is 12.3 Å². The highest BCUT2D eigenvalue weighted by Crippen LogP contribution is 2.40. The minimum Gasteiger partial charge on any atom is -0.304 e. The largest absolute Gasteiger partial charge is 0.304 e. The van der Waals surface area contributed by atoms with Crippen molar-refractivity contribution >= 4 is 33.3 Å². The maximum absolute atomic E-state index is 12.6. The number of fused-ring (bicyclic) bond motifs is 1. The number of carbonyl (C=O) groups excluding carboxylic acids is 1. The Morgan fingerprint density at radius 3 is 2.78 bits per heavy atom. The van der Waals surface area contributed by atoms with Gasteiger partial charge in [0.1, 0.15) is 10.7 Å². The van der Waals surface area contributed by atoms with Crippen molar-refractivity contribution in [1.29, 1.82) is 0 Å². The SMILES string of the molecule is Cc1nc(C2CC2)nc2sc(C(=O)Nc3ccn(C)n3)c(C)c12. The van der Waals surface area contributed by atoms with Gasteiger partial charge in [-0.05, 0) is 32.3 Å². The molecule has 0 unspecified atom stereocenters. The summed E-state index contributed by atoms with van der Waals surface area (Å²) < 4.78 is 1.66. The van der Waals surface area contributed by atoms with Crippen molar-refractivity contribution in [3.05, 3.63) is 34.2 Å². The van der Waals surface area contributed by atoms with Crippen LogP contribution in [0.4, 0.5) is 5.82 Å². The van der Waals surface area contributed by atoms with Crippen molar-refractivity contribution in [3.63, 3.8) is 0 Å². The van der Waals surface area contributed by atoms with Crippen molar-refractivity contribution in [2.75, 3.05) is 5.32 Å². The number of aryl methyl sites for hydroxylation is 3. The summed E-state index contributed by atoms with van der Waals surface area (Å²) in [6.07, 6.45) is 4.13. The third kappa shape index (κ3) is 2.50. The van der Waals surface area contributed by atoms with Gasteiger partial charge in [0.15, 0.2) is 5.82 Å². The van der Waals surface area contributed by atoms with Crippen LogP contribution in [0, 0.1) is 13.8 Å². The molecule has 0 radical (unpaired) electrons. The number of amides is 1. The van der Waals surface area contributed by atoms with Gasteiger partial charge in [0.2, 0.25) is 0 Å². The summed E-state index contributed by atoms with van der Waals surface area (Å²) in [6, 6.07) is 1.77. The lowest BCUT2D eigenvalue weighted by Crippen LogP contribution is -2.12. The number of aromatic nitrogens is 4. The molecule has 4 rings (SSSR count). The molecule has 6 nitrogen and oxygen atoms in total. The lowest BCUT2D eigenvalue weighted by Gasteiger charge is -2.02. The van der Waals surface area contributed by atoms with Gasteiger partial charge in [-0.3, -0.25) is 9.48 Å². The zero-order valence-corrected chi connectivity index (χ0v) is 14.1. The lowest BCUT2D eigenvalue weighted by molar-refractivity contribution is 0.102. The molecule has 0 atom stereocenters. The van der Waals surface area contributed by atoms with Crippen LogP contribution in [-0.4, -0.2) is 25.7 Å². The molecule has 0 spiro atoms. The molecule has 3 aromatic rings. The van der Waals surface area contributed by atoms with Crippen LogP contribution < -0.4 is 5.32 Å². The highest BCUT2D eigenvalue weighted by molar-refractivity contribution is 7.20. The van der Waals surface area contributed by atoms with Gasteiger partial charge in [0.05, 0.1) is 10.6 Å². The number of anilines is 1. The zero-order chi connectivity index (χ0) is 16.1. The number of nitrogens with zero attached hydrogens (tertiary/aromatic N) is 4. The van der Waals surface area contributed by atoms with E-state index in [1.807, 2.05) is 20.9 Å². The molecule has 3 aromatic heterocycles. The first-order chi connectivity index (χ1) is 11.0. The number of rotatable bonds is 3. The van der Waals surface area contributed by atoms with Crippen LogP contribution in [0.5, 0.6) is 0 Å². The Labute approximate surface area is 137 Å². The van der Waals surface area contributed by atoms with E-state index < -0.39 is 0 Å². The fourth-order valence-electron chi connectivity index (χ4n) is 2.76. The molecule has 0 aliphatic heterocycles. The Morgan fingerprint density at radius 2 is 2.13 bits per heavy atom. The highest BCUT2D eigenvalue weighted by Gasteiger charge is 2.28. The van der Waals surface area contributed by atoms with Gasteiger partial charge in [0.25, 0.3) is 5.91 Å². The zero-order valence-electron chi connectivity index (χ0n) is 13.3. The molecule has 1 aliphatic carbocycles. The van der Waals surface area contributed by atoms with E-state index in [-0.39, 0.29) is 5.91 Å². The van der Waals surface area contributed by atoms with E-state index in [1.165, 1.54) is 24.2 Å². The topological polar surface area (TPSA) is 72.7 Å². The summed E-state index contributed by atoms with van der Waals surface area (Å²) in [4.78, 5) is 23.5. The van der Waals surface area contributed by atoms with Gasteiger partial charge < -0.3 is 5.32 Å². The van der Waals surface area contributed by atoms with E-state index >= 15 is 0 Å². The molecule has 1 fully saturated rings. The normalized spacial score (nSPS) is 14.4. The van der Waals surface area contributed by atoms with E-state index in [0.29, 0.717) is 16.6 Å². The molecule has 0 bridgehead atoms. The van der Waals surface area contributed by atoms with Gasteiger partial charge in [-0.15, -0.1) is 11.3 Å². The van der Waals surface area contributed by atoms with Crippen LogP contribution in [0.1, 0.15) is 45.5 Å². The predicted octanol–water partition coefficient (Wildman–Crippen LogP) is 3.17. The maximum Gasteiger partial charge on any atom is 0.267 e. The summed E-state index contributed by atoms with van der Waals surface area (Å²) in [5, 5.41) is 8.03. The lowest BCUT2D eigenvalue weighted by atomic mass is 10.1. The second-order valence-corrected chi connectivity index (χ2v) is 7.01. The monoisotopic (exact) mass is 327 g/mol. The second kappa shape index (κ2) is 5.13. The first kappa shape index (κ1) is 14.3. The average molecular weight is 327 g/mol. The van der Waals surface area contributed by atoms with E-state index in [9.17, 15) is 4.79 Å². The molecule has 1 N–H and O–H groups in total. The summed E-state index contributed by atoms with van der Waals surface area (Å²) >= 11 is 1.43. The molecule has 1 aliphatic rings. The van der Waals surface area contributed by atoms with Crippen molar-refractivity contribution in [2.45, 2.75) is 32.6 Å². The Kier molecular flexibility index (Phi) is 3.19. The molecular weight excluding hydrogens is 310 g/mol. The molecule has 7 heteroatoms. The summed E-state index contributed by atoms with van der Waals surface area (Å²) in [7, 11) is 1.82. The Hall–Kier alpha value is -2.28. The van der Waals surface area contributed by atoms with E-state index in [0.717, 1.165) is 27.3 Å². The molecule has 1 amide bonds. The van der Waals surface area contributed by atoms with Crippen LogP contribution >= 0.6 is 11.3 Å². The molecule has 0 saturated heterocycles. The van der Waals surface area contributed by atoms with Gasteiger partial charge in [-0.1, -0.05) is 0 Å². The minimum atomic E-state index is -0.142. The second-order valence-electron chi connectivity index (χ2n) is 6.01. The van der Waals surface area contributed by atoms with Crippen molar-refractivity contribution in [3.8, 4) is 0 Å². The van der Waals surface area contributed by atoms with Crippen LogP contribution in [0.2, 0.25) is 0 Å². The van der Waals surface area contributed by atoms with Gasteiger partial charge >= 0.3 is 0 Å². The van der Waals surface area contributed by atoms with Crippen molar-refractivity contribution < 1.29 is 4.79 Å². The van der Waals surface area contributed by atoms with Crippen LogP contribution in [-0.2, 0) is 7.05 Å². The average Bonchev–Trinajstić information content (AvgIpc) is 3.19. The smallest absolute Gasteiger partial charge is 0.267 e.